The van der Waals surface area contributed by atoms with Crippen molar-refractivity contribution in [2.45, 2.75) is 277 Å². The maximum atomic E-state index is 13.7. The van der Waals surface area contributed by atoms with Crippen molar-refractivity contribution in [3.8, 4) is 0 Å². The van der Waals surface area contributed by atoms with Crippen molar-refractivity contribution in [3.05, 3.63) is 176 Å². The number of likely N-dealkylation sites (tertiary alicyclic amines) is 6. The highest BCUT2D eigenvalue weighted by Gasteiger charge is 2.47. The molecule has 6 aliphatic heterocycles. The molecule has 0 aromatic heterocycles. The van der Waals surface area contributed by atoms with Crippen molar-refractivity contribution in [1.29, 1.82) is 0 Å². The van der Waals surface area contributed by atoms with Crippen LogP contribution in [-0.4, -0.2) is 343 Å². The number of nitrogens with one attached hydrogen (secondary N) is 6. The molecule has 23 nitrogen and oxygen atoms in total. The Bertz CT molecular complexity index is 4680. The van der Waals surface area contributed by atoms with Gasteiger partial charge in [0, 0.05) is 189 Å². The maximum absolute atomic E-state index is 13.7. The van der Waals surface area contributed by atoms with Crippen molar-refractivity contribution >= 4 is 29.5 Å². The van der Waals surface area contributed by atoms with Crippen molar-refractivity contribution < 1.29 is 87.6 Å². The summed E-state index contributed by atoms with van der Waals surface area (Å²) in [7, 11) is 5.22. The molecular formula is C104H160F11N15O8. The number of likely N-dealkylation sites (N-methyl/N-ethyl adjacent to an activating group) is 3. The van der Waals surface area contributed by atoms with Crippen LogP contribution < -0.4 is 31.9 Å². The zero-order chi connectivity index (χ0) is 103. The van der Waals surface area contributed by atoms with Gasteiger partial charge in [-0.2, -0.15) is 0 Å². The summed E-state index contributed by atoms with van der Waals surface area (Å²) in [5.41, 5.74) is 1.72. The third kappa shape index (κ3) is 36.8. The van der Waals surface area contributed by atoms with Crippen LogP contribution in [0.25, 0.3) is 0 Å². The van der Waals surface area contributed by atoms with Crippen LogP contribution in [0.1, 0.15) is 240 Å². The highest BCUT2D eigenvalue weighted by Crippen LogP contribution is 2.36. The van der Waals surface area contributed by atoms with Gasteiger partial charge in [0.2, 0.25) is 0 Å². The number of benzene rings is 5. The predicted molar refractivity (Wildman–Crippen MR) is 524 cm³/mol. The summed E-state index contributed by atoms with van der Waals surface area (Å²) in [4.78, 5) is 83.2. The molecule has 0 unspecified atom stereocenters. The number of nitrogens with zero attached hydrogens (tertiary/aromatic N) is 9. The second-order valence-corrected chi connectivity index (χ2v) is 41.9. The minimum Gasteiger partial charge on any atom is -0.396 e. The van der Waals surface area contributed by atoms with Crippen LogP contribution >= 0.6 is 0 Å². The van der Waals surface area contributed by atoms with E-state index in [0.29, 0.717) is 141 Å². The van der Waals surface area contributed by atoms with Gasteiger partial charge in [-0.05, 0) is 298 Å². The zero-order valence-electron chi connectivity index (χ0n) is 85.4. The Labute approximate surface area is 813 Å². The van der Waals surface area contributed by atoms with E-state index in [1.807, 2.05) is 20.9 Å². The first-order valence-electron chi connectivity index (χ1n) is 49.1. The van der Waals surface area contributed by atoms with Gasteiger partial charge in [0.05, 0.1) is 52.9 Å². The Morgan fingerprint density at radius 1 is 0.406 bits per heavy atom. The fraction of sp³-hybridized carbons (Fsp3) is 0.663. The number of hydrogen-bond donors (Lipinski definition) is 9. The Hall–Kier alpha value is -7.84. The lowest BCUT2D eigenvalue weighted by Crippen LogP contribution is -2.61. The molecule has 11 rings (SSSR count). The van der Waals surface area contributed by atoms with E-state index in [1.54, 1.807) is 88.8 Å². The van der Waals surface area contributed by atoms with Gasteiger partial charge in [-0.25, -0.2) is 48.3 Å². The van der Waals surface area contributed by atoms with E-state index in [4.69, 9.17) is 10.2 Å². The molecule has 0 atom stereocenters. The number of aryl methyl sites for hydroxylation is 5. The summed E-state index contributed by atoms with van der Waals surface area (Å²) >= 11 is 0. The van der Waals surface area contributed by atoms with Gasteiger partial charge < -0.3 is 76.6 Å². The van der Waals surface area contributed by atoms with Gasteiger partial charge in [0.1, 0.15) is 35.7 Å². The molecule has 0 spiro atoms. The van der Waals surface area contributed by atoms with Crippen LogP contribution in [0.3, 0.4) is 0 Å². The Morgan fingerprint density at radius 2 is 0.674 bits per heavy atom. The van der Waals surface area contributed by atoms with E-state index in [2.05, 4.69) is 131 Å². The van der Waals surface area contributed by atoms with E-state index in [1.165, 1.54) is 65.6 Å². The molecule has 5 aromatic carbocycles. The lowest BCUT2D eigenvalue weighted by atomic mass is 9.85. The largest absolute Gasteiger partial charge is 0.396 e. The van der Waals surface area contributed by atoms with E-state index < -0.39 is 94.2 Å². The smallest absolute Gasteiger partial charge is 0.283 e. The molecule has 0 saturated carbocycles. The van der Waals surface area contributed by atoms with E-state index in [-0.39, 0.29) is 73.0 Å². The molecule has 6 aliphatic rings. The zero-order valence-corrected chi connectivity index (χ0v) is 85.4. The molecular weight excluding hydrogens is 1800 g/mol. The first-order chi connectivity index (χ1) is 64.4. The standard InChI is InChI=1S/C21H32F3N3O2.C21H30F3N3O.2C21H34FN3O2.C20H30F3N3O/c1-15(2)27-9-7-20(8-10-27,12-26(4)13-21(23,24)14-28)25-19(29)18-11-17(22)6-5-16(18)3;1-15(2)27-10-6-20(7-11-27,13-26-9-8-21(23,24)14-26)25-19(28)18-12-17(22)5-4-16(18)3;1-15(2)25-10-8-21(9-11-25,14-23-13-20(4,5)27)24-19(26)18-12-17(22)7-6-16(18)3;1-16(2)25-11-8-21(9-12-25,15-24(4)10-5-13-26)23-20(27)19-14-18(22)7-6-17(19)3;1-14(2)26-9-7-20(8-10-26,13-25(4)12-18(22)23)24-19(27)17-11-16(21)6-5-15(17)3/h5-6,11,15,28H,7-10,12-14H2,1-4H3,(H,25,29);4-5,12,15H,6-11,13-14H2,1-3H3,(H,25,28);6-7,12,15,23,27H,8-11,13-14H2,1-5H3,(H,24,26);6-7,14,16,26H,5,8-13,15H2,1-4H3,(H,23,27);5-6,11,14,18H,7-10,12-13H2,1-4H3,(H,24,27). The van der Waals surface area contributed by atoms with Gasteiger partial charge in [-0.1, -0.05) is 30.3 Å². The van der Waals surface area contributed by atoms with E-state index >= 15 is 0 Å². The summed E-state index contributed by atoms with van der Waals surface area (Å²) in [6, 6.07) is 23.0. The summed E-state index contributed by atoms with van der Waals surface area (Å²) in [6.07, 6.45) is 5.38. The molecule has 5 amide bonds. The highest BCUT2D eigenvalue weighted by molar-refractivity contribution is 5.98. The van der Waals surface area contributed by atoms with Gasteiger partial charge in [0.25, 0.3) is 47.8 Å². The predicted octanol–water partition coefficient (Wildman–Crippen LogP) is 14.3. The molecule has 34 heteroatoms. The molecule has 138 heavy (non-hydrogen) atoms. The third-order valence-electron chi connectivity index (χ3n) is 27.9. The lowest BCUT2D eigenvalue weighted by Gasteiger charge is -2.45. The number of halogens is 11. The van der Waals surface area contributed by atoms with Gasteiger partial charge in [-0.3, -0.25) is 38.7 Å². The molecule has 776 valence electrons. The molecule has 0 aliphatic carbocycles. The SMILES string of the molecule is Cc1ccc(F)cc1C(=O)NC1(CN(C)CC(F)(F)CO)CCN(C(C)C)CC1.Cc1ccc(F)cc1C(=O)NC1(CN(C)CC(F)F)CCN(C(C)C)CC1.Cc1ccc(F)cc1C(=O)NC1(CN(C)CCCO)CCN(C(C)C)CC1.Cc1ccc(F)cc1C(=O)NC1(CN2CCC(F)(F)C2)CCN(C(C)C)CC1.Cc1ccc(F)cc1C(=O)NC1(CNCC(C)(C)O)CCN(C(C)C)CC1. The van der Waals surface area contributed by atoms with Crippen molar-refractivity contribution in [2.24, 2.45) is 0 Å². The van der Waals surface area contributed by atoms with Gasteiger partial charge >= 0.3 is 0 Å². The Balaban J connectivity index is 0.000000235. The average molecular weight is 1960 g/mol. The molecule has 9 N–H and O–H groups in total. The first kappa shape index (κ1) is 117. The Morgan fingerprint density at radius 3 is 0.935 bits per heavy atom. The number of carbonyl (C=O) groups is 5. The monoisotopic (exact) mass is 1960 g/mol. The number of piperidine rings is 5. The number of amides is 5. The number of rotatable bonds is 35. The minimum atomic E-state index is -3.21. The number of alkyl halides is 6. The van der Waals surface area contributed by atoms with Crippen LogP contribution in [-0.2, 0) is 0 Å². The van der Waals surface area contributed by atoms with Crippen molar-refractivity contribution in [2.75, 3.05) is 172 Å². The number of hydrogen-bond acceptors (Lipinski definition) is 18. The second kappa shape index (κ2) is 52.4. The minimum absolute atomic E-state index is 0.141. The van der Waals surface area contributed by atoms with Crippen molar-refractivity contribution in [3.63, 3.8) is 0 Å². The summed E-state index contributed by atoms with van der Waals surface area (Å²) in [5.74, 6) is -9.63. The van der Waals surface area contributed by atoms with Crippen molar-refractivity contribution in [1.82, 2.24) is 76.0 Å². The Kier molecular flexibility index (Phi) is 44.5. The topological polar surface area (TPSA) is 247 Å². The maximum Gasteiger partial charge on any atom is 0.283 e. The number of aliphatic hydroxyl groups is 3. The fourth-order valence-corrected chi connectivity index (χ4v) is 19.5. The van der Waals surface area contributed by atoms with E-state index in [9.17, 15) is 77.4 Å². The quantitative estimate of drug-likeness (QED) is 0.0171. The molecule has 0 radical (unpaired) electrons. The number of carbonyl (C=O) groups excluding carboxylic acids is 5. The molecule has 6 fully saturated rings. The normalized spacial score (nSPS) is 18.7. The van der Waals surface area contributed by atoms with Crippen LogP contribution in [0.2, 0.25) is 0 Å². The third-order valence-corrected chi connectivity index (χ3v) is 27.9. The molecule has 6 heterocycles. The van der Waals surface area contributed by atoms with Gasteiger partial charge in [-0.15, -0.1) is 0 Å². The van der Waals surface area contributed by atoms with Crippen LogP contribution in [0.5, 0.6) is 0 Å². The second-order valence-electron chi connectivity index (χ2n) is 41.9. The first-order valence-corrected chi connectivity index (χ1v) is 49.1. The average Bonchev–Trinajstić information content (AvgIpc) is 1.31. The van der Waals surface area contributed by atoms with Crippen LogP contribution in [0, 0.1) is 63.7 Å². The summed E-state index contributed by atoms with van der Waals surface area (Å²) in [5, 5.41) is 46.9. The molecule has 0 bridgehead atoms. The fourth-order valence-electron chi connectivity index (χ4n) is 19.5. The van der Waals surface area contributed by atoms with Gasteiger partial charge in [0.15, 0.2) is 0 Å². The summed E-state index contributed by atoms with van der Waals surface area (Å²) in [6.45, 7) is 43.6. The highest BCUT2D eigenvalue weighted by atomic mass is 19.3. The van der Waals surface area contributed by atoms with E-state index in [0.717, 1.165) is 115 Å². The molecule has 5 aromatic rings. The number of aliphatic hydroxyl groups excluding tert-OH is 2. The molecule has 6 saturated heterocycles. The lowest BCUT2D eigenvalue weighted by molar-refractivity contribution is -0.0731. The van der Waals surface area contributed by atoms with Crippen LogP contribution in [0.4, 0.5) is 48.3 Å². The summed E-state index contributed by atoms with van der Waals surface area (Å²) < 4.78 is 148. The van der Waals surface area contributed by atoms with Crippen LogP contribution in [0.15, 0.2) is 91.0 Å².